The Kier molecular flexibility index (Phi) is 11.2. The van der Waals surface area contributed by atoms with Gasteiger partial charge in [0.15, 0.2) is 0 Å². The highest BCUT2D eigenvalue weighted by Crippen LogP contribution is 2.03. The van der Waals surface area contributed by atoms with E-state index in [0.717, 1.165) is 38.8 Å². The molecule has 0 heterocycles. The predicted octanol–water partition coefficient (Wildman–Crippen LogP) is 1.09. The van der Waals surface area contributed by atoms with Crippen LogP contribution in [-0.2, 0) is 0 Å². The fourth-order valence-electron chi connectivity index (χ4n) is 1.70. The van der Waals surface area contributed by atoms with Crippen LogP contribution in [0, 0.1) is 0 Å². The van der Waals surface area contributed by atoms with Gasteiger partial charge in [0.1, 0.15) is 0 Å². The van der Waals surface area contributed by atoms with Crippen molar-refractivity contribution in [3.63, 3.8) is 0 Å². The number of hydrogen-bond acceptors (Lipinski definition) is 4. The summed E-state index contributed by atoms with van der Waals surface area (Å²) in [6.45, 7) is 7.98. The van der Waals surface area contributed by atoms with Crippen molar-refractivity contribution in [2.24, 2.45) is 0 Å². The van der Waals surface area contributed by atoms with Crippen molar-refractivity contribution in [1.82, 2.24) is 10.0 Å². The van der Waals surface area contributed by atoms with Gasteiger partial charge in [0.2, 0.25) is 0 Å². The quantitative estimate of drug-likeness (QED) is 0.524. The molecule has 0 aromatic carbocycles. The molecule has 0 atom stereocenters. The maximum absolute atomic E-state index is 9.05. The molecule has 98 valence electrons. The van der Waals surface area contributed by atoms with E-state index in [0.29, 0.717) is 13.1 Å². The molecule has 0 amide bonds. The average molecular weight is 232 g/mol. The van der Waals surface area contributed by atoms with Gasteiger partial charge in [-0.05, 0) is 12.8 Å². The highest BCUT2D eigenvalue weighted by molar-refractivity contribution is 4.58. The number of hydrazine groups is 1. The van der Waals surface area contributed by atoms with Crippen LogP contribution in [0.5, 0.6) is 0 Å². The molecule has 0 saturated heterocycles. The van der Waals surface area contributed by atoms with Crippen LogP contribution in [0.4, 0.5) is 0 Å². The van der Waals surface area contributed by atoms with Gasteiger partial charge in [0.05, 0.1) is 13.2 Å². The Morgan fingerprint density at radius 2 is 1.06 bits per heavy atom. The number of aliphatic hydroxyl groups is 2. The minimum absolute atomic E-state index is 0.178. The number of hydrogen-bond donors (Lipinski definition) is 2. The summed E-state index contributed by atoms with van der Waals surface area (Å²) in [7, 11) is 0. The molecule has 0 aromatic rings. The number of nitrogens with zero attached hydrogens (tertiary/aromatic N) is 2. The molecule has 16 heavy (non-hydrogen) atoms. The number of aliphatic hydroxyl groups excluding tert-OH is 2. The van der Waals surface area contributed by atoms with E-state index in [4.69, 9.17) is 10.2 Å². The van der Waals surface area contributed by atoms with Gasteiger partial charge in [0.25, 0.3) is 0 Å². The summed E-state index contributed by atoms with van der Waals surface area (Å²) in [5.41, 5.74) is 0. The third kappa shape index (κ3) is 7.17. The van der Waals surface area contributed by atoms with E-state index in [9.17, 15) is 0 Å². The van der Waals surface area contributed by atoms with E-state index in [1.54, 1.807) is 0 Å². The fourth-order valence-corrected chi connectivity index (χ4v) is 1.70. The van der Waals surface area contributed by atoms with Gasteiger partial charge in [-0.3, -0.25) is 0 Å². The molecule has 2 N–H and O–H groups in total. The highest BCUT2D eigenvalue weighted by Gasteiger charge is 2.13. The lowest BCUT2D eigenvalue weighted by molar-refractivity contribution is -0.0462. The zero-order valence-corrected chi connectivity index (χ0v) is 10.9. The van der Waals surface area contributed by atoms with Gasteiger partial charge in [-0.1, -0.05) is 26.7 Å². The minimum atomic E-state index is 0.178. The third-order valence-corrected chi connectivity index (χ3v) is 2.66. The molecule has 0 bridgehead atoms. The van der Waals surface area contributed by atoms with Gasteiger partial charge >= 0.3 is 0 Å². The molecule has 0 radical (unpaired) electrons. The Morgan fingerprint density at radius 3 is 1.31 bits per heavy atom. The second kappa shape index (κ2) is 11.3. The normalized spacial score (nSPS) is 11.6. The predicted molar refractivity (Wildman–Crippen MR) is 67.1 cm³/mol. The van der Waals surface area contributed by atoms with Crippen LogP contribution in [0.25, 0.3) is 0 Å². The Balaban J connectivity index is 4.14. The standard InChI is InChI=1S/C12H28N2O2/c1-3-5-7-13(9-11-15)14(10-12-16)8-6-4-2/h15-16H,3-12H2,1-2H3. The van der Waals surface area contributed by atoms with Crippen molar-refractivity contribution in [2.75, 3.05) is 39.4 Å². The lowest BCUT2D eigenvalue weighted by Crippen LogP contribution is -2.46. The average Bonchev–Trinajstić information content (AvgIpc) is 2.30. The summed E-state index contributed by atoms with van der Waals surface area (Å²) in [4.78, 5) is 0. The summed E-state index contributed by atoms with van der Waals surface area (Å²) in [6.07, 6.45) is 4.58. The summed E-state index contributed by atoms with van der Waals surface area (Å²) in [5.74, 6) is 0. The second-order valence-corrected chi connectivity index (χ2v) is 4.06. The monoisotopic (exact) mass is 232 g/mol. The number of unbranched alkanes of at least 4 members (excludes halogenated alkanes) is 2. The Morgan fingerprint density at radius 1 is 0.688 bits per heavy atom. The Bertz CT molecular complexity index is 129. The van der Waals surface area contributed by atoms with Crippen molar-refractivity contribution < 1.29 is 10.2 Å². The van der Waals surface area contributed by atoms with Gasteiger partial charge < -0.3 is 10.2 Å². The first-order valence-electron chi connectivity index (χ1n) is 6.51. The molecule has 0 fully saturated rings. The van der Waals surface area contributed by atoms with E-state index in [1.165, 1.54) is 0 Å². The lowest BCUT2D eigenvalue weighted by atomic mass is 10.3. The molecule has 0 unspecified atom stereocenters. The van der Waals surface area contributed by atoms with Crippen LogP contribution in [0.1, 0.15) is 39.5 Å². The molecule has 0 aliphatic carbocycles. The molecule has 4 heteroatoms. The maximum Gasteiger partial charge on any atom is 0.0572 e. The van der Waals surface area contributed by atoms with Crippen LogP contribution in [-0.4, -0.2) is 59.6 Å². The molecule has 0 aliphatic heterocycles. The highest BCUT2D eigenvalue weighted by atomic mass is 16.3. The molecule has 0 saturated carbocycles. The largest absolute Gasteiger partial charge is 0.395 e. The van der Waals surface area contributed by atoms with Crippen molar-refractivity contribution in [3.8, 4) is 0 Å². The molecule has 4 nitrogen and oxygen atoms in total. The van der Waals surface area contributed by atoms with Crippen LogP contribution >= 0.6 is 0 Å². The summed E-state index contributed by atoms with van der Waals surface area (Å²) < 4.78 is 0. The van der Waals surface area contributed by atoms with Gasteiger partial charge in [0, 0.05) is 26.2 Å². The first kappa shape index (κ1) is 15.8. The van der Waals surface area contributed by atoms with Gasteiger partial charge in [-0.25, -0.2) is 10.0 Å². The summed E-state index contributed by atoms with van der Waals surface area (Å²) in [5, 5.41) is 22.4. The first-order valence-corrected chi connectivity index (χ1v) is 6.51. The van der Waals surface area contributed by atoms with Crippen molar-refractivity contribution in [1.29, 1.82) is 0 Å². The topological polar surface area (TPSA) is 46.9 Å². The lowest BCUT2D eigenvalue weighted by Gasteiger charge is -2.34. The second-order valence-electron chi connectivity index (χ2n) is 4.06. The van der Waals surface area contributed by atoms with E-state index in [2.05, 4.69) is 23.9 Å². The van der Waals surface area contributed by atoms with Crippen molar-refractivity contribution >= 4 is 0 Å². The molecular weight excluding hydrogens is 204 g/mol. The summed E-state index contributed by atoms with van der Waals surface area (Å²) >= 11 is 0. The van der Waals surface area contributed by atoms with Gasteiger partial charge in [-0.2, -0.15) is 0 Å². The van der Waals surface area contributed by atoms with Crippen LogP contribution in [0.15, 0.2) is 0 Å². The van der Waals surface area contributed by atoms with Crippen molar-refractivity contribution in [3.05, 3.63) is 0 Å². The minimum Gasteiger partial charge on any atom is -0.395 e. The van der Waals surface area contributed by atoms with Crippen molar-refractivity contribution in [2.45, 2.75) is 39.5 Å². The summed E-state index contributed by atoms with van der Waals surface area (Å²) in [6, 6.07) is 0. The van der Waals surface area contributed by atoms with E-state index < -0.39 is 0 Å². The van der Waals surface area contributed by atoms with E-state index >= 15 is 0 Å². The Labute approximate surface area is 99.8 Å². The van der Waals surface area contributed by atoms with E-state index in [-0.39, 0.29) is 13.2 Å². The van der Waals surface area contributed by atoms with Crippen LogP contribution in [0.2, 0.25) is 0 Å². The maximum atomic E-state index is 9.05. The van der Waals surface area contributed by atoms with E-state index in [1.807, 2.05) is 0 Å². The zero-order chi connectivity index (χ0) is 12.2. The fraction of sp³-hybridized carbons (Fsp3) is 1.00. The molecule has 0 spiro atoms. The van der Waals surface area contributed by atoms with Crippen LogP contribution < -0.4 is 0 Å². The smallest absolute Gasteiger partial charge is 0.0572 e. The molecule has 0 aromatic heterocycles. The number of rotatable bonds is 11. The Hall–Kier alpha value is -0.160. The first-order chi connectivity index (χ1) is 7.79. The SMILES string of the molecule is CCCCN(CCO)N(CCO)CCCC. The zero-order valence-electron chi connectivity index (χ0n) is 10.9. The molecular formula is C12H28N2O2. The molecule has 0 rings (SSSR count). The molecule has 0 aliphatic rings. The third-order valence-electron chi connectivity index (χ3n) is 2.66. The van der Waals surface area contributed by atoms with Crippen LogP contribution in [0.3, 0.4) is 0 Å². The van der Waals surface area contributed by atoms with Gasteiger partial charge in [-0.15, -0.1) is 0 Å².